The summed E-state index contributed by atoms with van der Waals surface area (Å²) < 4.78 is 0.872. The zero-order chi connectivity index (χ0) is 17.9. The molecule has 4 rings (SSSR count). The lowest BCUT2D eigenvalue weighted by Crippen LogP contribution is -2.17. The van der Waals surface area contributed by atoms with Crippen molar-refractivity contribution in [1.82, 2.24) is 19.9 Å². The van der Waals surface area contributed by atoms with Crippen LogP contribution in [0.15, 0.2) is 48.5 Å². The van der Waals surface area contributed by atoms with Gasteiger partial charge >= 0.3 is 0 Å². The molecule has 0 aliphatic rings. The summed E-state index contributed by atoms with van der Waals surface area (Å²) in [5.74, 6) is -0.419. The number of nitrogens with one attached hydrogen (secondary N) is 2. The molecular formula is C16H10N6O2S2. The first kappa shape index (κ1) is 16.2. The number of pyridine rings is 1. The number of aromatic nitrogens is 4. The Balaban J connectivity index is 1.53. The third-order valence-corrected chi connectivity index (χ3v) is 5.19. The predicted molar refractivity (Wildman–Crippen MR) is 99.7 cm³/mol. The van der Waals surface area contributed by atoms with Gasteiger partial charge in [0.1, 0.15) is 10.5 Å². The molecule has 2 N–H and O–H groups in total. The largest absolute Gasteiger partial charge is 0.311 e. The molecule has 0 unspecified atom stereocenters. The molecule has 4 aromatic rings. The minimum absolute atomic E-state index is 0.307. The SMILES string of the molecule is O=C(Nc1sccc1C(=O)Nc1cnccn1)c1nc2cnccc2s1. The summed E-state index contributed by atoms with van der Waals surface area (Å²) in [4.78, 5) is 41.0. The Morgan fingerprint density at radius 1 is 0.962 bits per heavy atom. The van der Waals surface area contributed by atoms with Gasteiger partial charge in [0.2, 0.25) is 0 Å². The Morgan fingerprint density at radius 3 is 2.65 bits per heavy atom. The Labute approximate surface area is 155 Å². The number of hydrogen-bond acceptors (Lipinski definition) is 8. The number of thiazole rings is 1. The van der Waals surface area contributed by atoms with Crippen LogP contribution in [0, 0.1) is 0 Å². The van der Waals surface area contributed by atoms with Crippen LogP contribution in [-0.2, 0) is 0 Å². The van der Waals surface area contributed by atoms with E-state index in [-0.39, 0.29) is 11.8 Å². The Hall–Kier alpha value is -3.24. The van der Waals surface area contributed by atoms with Crippen molar-refractivity contribution in [3.63, 3.8) is 0 Å². The van der Waals surface area contributed by atoms with Crippen LogP contribution in [0.2, 0.25) is 0 Å². The number of amides is 2. The molecule has 0 fully saturated rings. The van der Waals surface area contributed by atoms with Crippen molar-refractivity contribution in [2.45, 2.75) is 0 Å². The van der Waals surface area contributed by atoms with Crippen LogP contribution in [-0.4, -0.2) is 31.8 Å². The Morgan fingerprint density at radius 2 is 1.85 bits per heavy atom. The molecule has 0 aliphatic heterocycles. The van der Waals surface area contributed by atoms with Gasteiger partial charge < -0.3 is 10.6 Å². The lowest BCUT2D eigenvalue weighted by molar-refractivity contribution is 0.102. The van der Waals surface area contributed by atoms with Gasteiger partial charge in [-0.15, -0.1) is 22.7 Å². The van der Waals surface area contributed by atoms with E-state index in [0.717, 1.165) is 4.70 Å². The number of fused-ring (bicyclic) bond motifs is 1. The predicted octanol–water partition coefficient (Wildman–Crippen LogP) is 3.05. The van der Waals surface area contributed by atoms with E-state index in [1.54, 1.807) is 29.9 Å². The second-order valence-corrected chi connectivity index (χ2v) is 6.97. The molecule has 0 bridgehead atoms. The van der Waals surface area contributed by atoms with E-state index in [4.69, 9.17) is 0 Å². The van der Waals surface area contributed by atoms with Gasteiger partial charge in [-0.25, -0.2) is 9.97 Å². The third kappa shape index (κ3) is 3.27. The Bertz CT molecular complexity index is 1060. The number of carbonyl (C=O) groups is 2. The summed E-state index contributed by atoms with van der Waals surface area (Å²) in [6, 6.07) is 3.43. The van der Waals surface area contributed by atoms with Crippen molar-refractivity contribution >= 4 is 55.5 Å². The minimum Gasteiger partial charge on any atom is -0.311 e. The van der Waals surface area contributed by atoms with Crippen LogP contribution in [0.1, 0.15) is 20.2 Å². The molecular weight excluding hydrogens is 372 g/mol. The van der Waals surface area contributed by atoms with Crippen molar-refractivity contribution in [3.05, 3.63) is 59.1 Å². The molecule has 0 aliphatic carbocycles. The van der Waals surface area contributed by atoms with Crippen LogP contribution in [0.3, 0.4) is 0 Å². The fourth-order valence-electron chi connectivity index (χ4n) is 2.17. The average Bonchev–Trinajstić information content (AvgIpc) is 3.29. The standard InChI is InChI=1S/C16H10N6O2S2/c23-13(21-12-8-18-4-5-19-12)9-2-6-25-15(9)22-14(24)16-20-10-7-17-3-1-11(10)26-16/h1-8H,(H,22,24)(H,19,21,23). The highest BCUT2D eigenvalue weighted by atomic mass is 32.1. The first-order valence-corrected chi connectivity index (χ1v) is 9.07. The van der Waals surface area contributed by atoms with Crippen LogP contribution in [0.25, 0.3) is 10.2 Å². The summed E-state index contributed by atoms with van der Waals surface area (Å²) in [5.41, 5.74) is 1.01. The van der Waals surface area contributed by atoms with E-state index in [9.17, 15) is 9.59 Å². The fourth-order valence-corrected chi connectivity index (χ4v) is 3.77. The first-order chi connectivity index (χ1) is 12.7. The van der Waals surface area contributed by atoms with E-state index >= 15 is 0 Å². The number of hydrogen-bond donors (Lipinski definition) is 2. The van der Waals surface area contributed by atoms with Crippen LogP contribution in [0.5, 0.6) is 0 Å². The number of carbonyl (C=O) groups excluding carboxylic acids is 2. The molecule has 4 heterocycles. The van der Waals surface area contributed by atoms with Gasteiger partial charge in [0.25, 0.3) is 11.8 Å². The second kappa shape index (κ2) is 6.94. The molecule has 10 heteroatoms. The normalized spacial score (nSPS) is 10.6. The number of rotatable bonds is 4. The summed E-state index contributed by atoms with van der Waals surface area (Å²) >= 11 is 2.52. The van der Waals surface area contributed by atoms with Gasteiger partial charge in [-0.05, 0) is 17.5 Å². The van der Waals surface area contributed by atoms with Gasteiger partial charge in [0, 0.05) is 18.6 Å². The second-order valence-electron chi connectivity index (χ2n) is 5.02. The minimum atomic E-state index is -0.379. The summed E-state index contributed by atoms with van der Waals surface area (Å²) in [7, 11) is 0. The highest BCUT2D eigenvalue weighted by Crippen LogP contribution is 2.26. The smallest absolute Gasteiger partial charge is 0.285 e. The van der Waals surface area contributed by atoms with Crippen LogP contribution < -0.4 is 10.6 Å². The maximum absolute atomic E-state index is 12.5. The molecule has 0 atom stereocenters. The highest BCUT2D eigenvalue weighted by Gasteiger charge is 2.18. The summed E-state index contributed by atoms with van der Waals surface area (Å²) in [5, 5.41) is 7.86. The molecule has 26 heavy (non-hydrogen) atoms. The van der Waals surface area contributed by atoms with Gasteiger partial charge in [-0.3, -0.25) is 19.6 Å². The van der Waals surface area contributed by atoms with Gasteiger partial charge in [-0.2, -0.15) is 0 Å². The third-order valence-electron chi connectivity index (χ3n) is 3.33. The average molecular weight is 382 g/mol. The molecule has 8 nitrogen and oxygen atoms in total. The van der Waals surface area contributed by atoms with Crippen molar-refractivity contribution in [2.24, 2.45) is 0 Å². The lowest BCUT2D eigenvalue weighted by Gasteiger charge is -2.05. The number of anilines is 2. The van der Waals surface area contributed by atoms with Crippen molar-refractivity contribution in [2.75, 3.05) is 10.6 Å². The first-order valence-electron chi connectivity index (χ1n) is 7.37. The topological polar surface area (TPSA) is 110 Å². The van der Waals surface area contributed by atoms with E-state index < -0.39 is 0 Å². The molecule has 2 amide bonds. The van der Waals surface area contributed by atoms with Gasteiger partial charge in [0.05, 0.1) is 22.7 Å². The highest BCUT2D eigenvalue weighted by molar-refractivity contribution is 7.20. The maximum atomic E-state index is 12.5. The summed E-state index contributed by atoms with van der Waals surface area (Å²) in [6.07, 6.45) is 7.69. The number of thiophene rings is 1. The molecule has 0 aromatic carbocycles. The molecule has 0 spiro atoms. The van der Waals surface area contributed by atoms with E-state index in [0.29, 0.717) is 26.9 Å². The van der Waals surface area contributed by atoms with Crippen LogP contribution >= 0.6 is 22.7 Å². The van der Waals surface area contributed by atoms with E-state index in [1.807, 2.05) is 0 Å². The van der Waals surface area contributed by atoms with Crippen LogP contribution in [0.4, 0.5) is 10.8 Å². The monoisotopic (exact) mass is 382 g/mol. The Kier molecular flexibility index (Phi) is 4.33. The molecule has 4 aromatic heterocycles. The molecule has 0 saturated carbocycles. The molecule has 0 radical (unpaired) electrons. The maximum Gasteiger partial charge on any atom is 0.285 e. The van der Waals surface area contributed by atoms with E-state index in [2.05, 4.69) is 30.6 Å². The number of nitrogens with zero attached hydrogens (tertiary/aromatic N) is 4. The van der Waals surface area contributed by atoms with Gasteiger partial charge in [0.15, 0.2) is 10.8 Å². The van der Waals surface area contributed by atoms with Crippen molar-refractivity contribution in [1.29, 1.82) is 0 Å². The fraction of sp³-hybridized carbons (Fsp3) is 0. The van der Waals surface area contributed by atoms with Gasteiger partial charge in [-0.1, -0.05) is 0 Å². The summed E-state index contributed by atoms with van der Waals surface area (Å²) in [6.45, 7) is 0. The van der Waals surface area contributed by atoms with E-state index in [1.165, 1.54) is 41.3 Å². The molecule has 128 valence electrons. The zero-order valence-corrected chi connectivity index (χ0v) is 14.7. The quantitative estimate of drug-likeness (QED) is 0.561. The zero-order valence-electron chi connectivity index (χ0n) is 13.0. The van der Waals surface area contributed by atoms with Crippen molar-refractivity contribution < 1.29 is 9.59 Å². The van der Waals surface area contributed by atoms with Crippen molar-refractivity contribution in [3.8, 4) is 0 Å². The molecule has 0 saturated heterocycles. The lowest BCUT2D eigenvalue weighted by atomic mass is 10.3.